The molecular weight excluding hydrogens is 511 g/mol. The molecule has 0 aliphatic rings. The number of halogens is 2. The summed E-state index contributed by atoms with van der Waals surface area (Å²) in [5.41, 5.74) is 0.975. The van der Waals surface area contributed by atoms with E-state index in [4.69, 9.17) is 32.7 Å². The quantitative estimate of drug-likeness (QED) is 0.344. The van der Waals surface area contributed by atoms with E-state index in [9.17, 15) is 9.59 Å². The zero-order valence-corrected chi connectivity index (χ0v) is 23.0. The Balaban J connectivity index is 1.96. The van der Waals surface area contributed by atoms with Gasteiger partial charge in [0.25, 0.3) is 5.91 Å². The molecule has 2 amide bonds. The Morgan fingerprint density at radius 3 is 2.05 bits per heavy atom. The largest absolute Gasteiger partial charge is 0.497 e. The minimum Gasteiger partial charge on any atom is -0.497 e. The molecule has 0 spiro atoms. The van der Waals surface area contributed by atoms with Crippen LogP contribution in [0, 0.1) is 0 Å². The molecule has 0 aromatic heterocycles. The highest BCUT2D eigenvalue weighted by atomic mass is 35.5. The molecule has 3 aromatic carbocycles. The van der Waals surface area contributed by atoms with Gasteiger partial charge in [0, 0.05) is 34.1 Å². The second kappa shape index (κ2) is 12.8. The maximum absolute atomic E-state index is 13.7. The fourth-order valence-electron chi connectivity index (χ4n) is 3.76. The minimum absolute atomic E-state index is 0.0401. The first-order chi connectivity index (χ1) is 17.6. The molecule has 0 fully saturated rings. The van der Waals surface area contributed by atoms with Gasteiger partial charge in [0.2, 0.25) is 5.91 Å². The molecule has 37 heavy (non-hydrogen) atoms. The maximum Gasteiger partial charge on any atom is 0.261 e. The maximum atomic E-state index is 13.7. The number of benzene rings is 3. The molecule has 3 rings (SSSR count). The summed E-state index contributed by atoms with van der Waals surface area (Å²) in [4.78, 5) is 28.8. The number of methoxy groups -OCH3 is 1. The van der Waals surface area contributed by atoms with Crippen molar-refractivity contribution in [1.82, 2.24) is 10.2 Å². The Bertz CT molecular complexity index is 1170. The second-order valence-electron chi connectivity index (χ2n) is 9.63. The van der Waals surface area contributed by atoms with Crippen molar-refractivity contribution < 1.29 is 19.1 Å². The highest BCUT2D eigenvalue weighted by molar-refractivity contribution is 6.36. The van der Waals surface area contributed by atoms with Crippen molar-refractivity contribution in [3.8, 4) is 11.5 Å². The smallest absolute Gasteiger partial charge is 0.261 e. The van der Waals surface area contributed by atoms with E-state index < -0.39 is 11.6 Å². The van der Waals surface area contributed by atoms with Crippen LogP contribution in [0.4, 0.5) is 0 Å². The molecule has 0 saturated heterocycles. The number of amides is 2. The average molecular weight is 543 g/mol. The lowest BCUT2D eigenvalue weighted by Crippen LogP contribution is -2.55. The highest BCUT2D eigenvalue weighted by Gasteiger charge is 2.33. The molecule has 0 radical (unpaired) electrons. The lowest BCUT2D eigenvalue weighted by molar-refractivity contribution is -0.143. The molecule has 0 heterocycles. The van der Waals surface area contributed by atoms with E-state index in [1.54, 1.807) is 49.6 Å². The molecular formula is C29H32Cl2N2O4. The summed E-state index contributed by atoms with van der Waals surface area (Å²) in [6, 6.07) is 20.8. The Morgan fingerprint density at radius 2 is 1.49 bits per heavy atom. The van der Waals surface area contributed by atoms with E-state index in [2.05, 4.69) is 5.32 Å². The summed E-state index contributed by atoms with van der Waals surface area (Å²) in [5, 5.41) is 3.85. The number of nitrogens with one attached hydrogen (secondary N) is 1. The lowest BCUT2D eigenvalue weighted by Gasteiger charge is -2.34. The summed E-state index contributed by atoms with van der Waals surface area (Å²) in [7, 11) is 1.58. The predicted octanol–water partition coefficient (Wildman–Crippen LogP) is 5.94. The molecule has 0 saturated carbocycles. The van der Waals surface area contributed by atoms with Crippen molar-refractivity contribution in [3.63, 3.8) is 0 Å². The molecule has 0 aliphatic carbocycles. The van der Waals surface area contributed by atoms with Crippen LogP contribution in [0.15, 0.2) is 72.8 Å². The topological polar surface area (TPSA) is 67.9 Å². The first kappa shape index (κ1) is 28.4. The number of hydrogen-bond acceptors (Lipinski definition) is 4. The van der Waals surface area contributed by atoms with Gasteiger partial charge in [-0.15, -0.1) is 0 Å². The fraction of sp³-hybridized carbons (Fsp3) is 0.310. The van der Waals surface area contributed by atoms with Gasteiger partial charge >= 0.3 is 0 Å². The van der Waals surface area contributed by atoms with Gasteiger partial charge in [-0.1, -0.05) is 59.6 Å². The summed E-state index contributed by atoms with van der Waals surface area (Å²) >= 11 is 12.9. The first-order valence-corrected chi connectivity index (χ1v) is 12.7. The van der Waals surface area contributed by atoms with E-state index in [0.29, 0.717) is 33.5 Å². The molecule has 8 heteroatoms. The summed E-state index contributed by atoms with van der Waals surface area (Å²) < 4.78 is 11.0. The van der Waals surface area contributed by atoms with Gasteiger partial charge in [0.15, 0.2) is 6.61 Å². The second-order valence-corrected chi connectivity index (χ2v) is 10.4. The van der Waals surface area contributed by atoms with Crippen LogP contribution in [0.3, 0.4) is 0 Å². The third-order valence-electron chi connectivity index (χ3n) is 5.58. The molecule has 6 nitrogen and oxygen atoms in total. The van der Waals surface area contributed by atoms with Gasteiger partial charge in [0.1, 0.15) is 17.5 Å². The normalized spacial score (nSPS) is 11.9. The summed E-state index contributed by atoms with van der Waals surface area (Å²) in [5.74, 6) is 0.521. The standard InChI is InChI=1S/C29H32Cl2N2O4/c1-29(2,3)32-28(35)26(17-20-9-6-5-7-10-20)33(18-23-24(30)11-8-12-25(23)31)27(34)19-37-22-15-13-21(36-4)14-16-22/h5-16,26H,17-19H2,1-4H3,(H,32,35). The Hall–Kier alpha value is -3.22. The third kappa shape index (κ3) is 8.41. The van der Waals surface area contributed by atoms with E-state index >= 15 is 0 Å². The molecule has 3 aromatic rings. The molecule has 0 aliphatic heterocycles. The van der Waals surface area contributed by atoms with Crippen molar-refractivity contribution in [2.45, 2.75) is 45.3 Å². The Kier molecular flexibility index (Phi) is 9.84. The number of ether oxygens (including phenoxy) is 2. The van der Waals surface area contributed by atoms with Crippen LogP contribution in [-0.4, -0.2) is 42.0 Å². The molecule has 1 unspecified atom stereocenters. The summed E-state index contributed by atoms with van der Waals surface area (Å²) in [6.45, 7) is 5.46. The molecule has 1 N–H and O–H groups in total. The van der Waals surface area contributed by atoms with E-state index in [1.165, 1.54) is 4.90 Å². The van der Waals surface area contributed by atoms with Crippen molar-refractivity contribution in [1.29, 1.82) is 0 Å². The number of nitrogens with zero attached hydrogens (tertiary/aromatic N) is 1. The Morgan fingerprint density at radius 1 is 0.892 bits per heavy atom. The van der Waals surface area contributed by atoms with E-state index in [-0.39, 0.29) is 25.0 Å². The zero-order chi connectivity index (χ0) is 27.0. The Labute approximate surface area is 228 Å². The van der Waals surface area contributed by atoms with E-state index in [0.717, 1.165) is 5.56 Å². The van der Waals surface area contributed by atoms with Crippen molar-refractivity contribution in [2.24, 2.45) is 0 Å². The average Bonchev–Trinajstić information content (AvgIpc) is 2.86. The van der Waals surface area contributed by atoms with Crippen LogP contribution in [0.5, 0.6) is 11.5 Å². The lowest BCUT2D eigenvalue weighted by atomic mass is 10.0. The van der Waals surface area contributed by atoms with Crippen LogP contribution < -0.4 is 14.8 Å². The van der Waals surface area contributed by atoms with Crippen LogP contribution in [0.2, 0.25) is 10.0 Å². The van der Waals surface area contributed by atoms with Gasteiger partial charge in [-0.05, 0) is 62.7 Å². The van der Waals surface area contributed by atoms with Crippen LogP contribution in [0.1, 0.15) is 31.9 Å². The number of hydrogen-bond donors (Lipinski definition) is 1. The van der Waals surface area contributed by atoms with Crippen LogP contribution in [0.25, 0.3) is 0 Å². The third-order valence-corrected chi connectivity index (χ3v) is 6.29. The van der Waals surface area contributed by atoms with Crippen molar-refractivity contribution >= 4 is 35.0 Å². The van der Waals surface area contributed by atoms with Gasteiger partial charge in [-0.25, -0.2) is 0 Å². The SMILES string of the molecule is COc1ccc(OCC(=O)N(Cc2c(Cl)cccc2Cl)C(Cc2ccccc2)C(=O)NC(C)(C)C)cc1. The number of carbonyl (C=O) groups excluding carboxylic acids is 2. The van der Waals surface area contributed by atoms with Crippen LogP contribution in [-0.2, 0) is 22.6 Å². The first-order valence-electron chi connectivity index (χ1n) is 11.9. The van der Waals surface area contributed by atoms with Crippen molar-refractivity contribution in [2.75, 3.05) is 13.7 Å². The summed E-state index contributed by atoms with van der Waals surface area (Å²) in [6.07, 6.45) is 0.305. The van der Waals surface area contributed by atoms with Gasteiger partial charge in [0.05, 0.1) is 7.11 Å². The predicted molar refractivity (Wildman–Crippen MR) is 147 cm³/mol. The van der Waals surface area contributed by atoms with Crippen LogP contribution >= 0.6 is 23.2 Å². The number of rotatable bonds is 10. The van der Waals surface area contributed by atoms with E-state index in [1.807, 2.05) is 51.1 Å². The van der Waals surface area contributed by atoms with Gasteiger partial charge in [-0.2, -0.15) is 0 Å². The minimum atomic E-state index is -0.832. The van der Waals surface area contributed by atoms with Gasteiger partial charge < -0.3 is 19.7 Å². The fourth-order valence-corrected chi connectivity index (χ4v) is 4.28. The number of carbonyl (C=O) groups is 2. The monoisotopic (exact) mass is 542 g/mol. The molecule has 1 atom stereocenters. The highest BCUT2D eigenvalue weighted by Crippen LogP contribution is 2.27. The van der Waals surface area contributed by atoms with Crippen molar-refractivity contribution in [3.05, 3.63) is 94.0 Å². The molecule has 0 bridgehead atoms. The van der Waals surface area contributed by atoms with Gasteiger partial charge in [-0.3, -0.25) is 9.59 Å². The molecule has 196 valence electrons. The zero-order valence-electron chi connectivity index (χ0n) is 21.5.